The van der Waals surface area contributed by atoms with Gasteiger partial charge in [-0.05, 0) is 51.4 Å². The van der Waals surface area contributed by atoms with Crippen LogP contribution in [0.2, 0.25) is 0 Å². The first-order valence-electron chi connectivity index (χ1n) is 5.80. The predicted molar refractivity (Wildman–Crippen MR) is 59.2 cm³/mol. The molecular formula is C13H22O. The van der Waals surface area contributed by atoms with E-state index in [9.17, 15) is 0 Å². The van der Waals surface area contributed by atoms with Crippen molar-refractivity contribution >= 4 is 0 Å². The van der Waals surface area contributed by atoms with Crippen molar-refractivity contribution in [1.82, 2.24) is 0 Å². The zero-order valence-electron chi connectivity index (χ0n) is 9.84. The van der Waals surface area contributed by atoms with Crippen LogP contribution in [-0.2, 0) is 4.74 Å². The van der Waals surface area contributed by atoms with Crippen molar-refractivity contribution in [1.29, 1.82) is 0 Å². The third-order valence-electron chi connectivity index (χ3n) is 3.93. The molecule has 14 heavy (non-hydrogen) atoms. The van der Waals surface area contributed by atoms with Crippen LogP contribution in [0.15, 0.2) is 11.6 Å². The van der Waals surface area contributed by atoms with E-state index in [1.807, 2.05) is 0 Å². The third-order valence-corrected chi connectivity index (χ3v) is 3.93. The second-order valence-corrected chi connectivity index (χ2v) is 5.75. The van der Waals surface area contributed by atoms with Crippen LogP contribution in [-0.4, -0.2) is 12.2 Å². The van der Waals surface area contributed by atoms with Gasteiger partial charge >= 0.3 is 0 Å². The summed E-state index contributed by atoms with van der Waals surface area (Å²) in [6, 6.07) is 0. The zero-order valence-corrected chi connectivity index (χ0v) is 9.84. The van der Waals surface area contributed by atoms with Crippen LogP contribution in [0.4, 0.5) is 0 Å². The normalized spacial score (nSPS) is 41.4. The lowest BCUT2D eigenvalue weighted by Gasteiger charge is -2.43. The van der Waals surface area contributed by atoms with E-state index in [0.717, 1.165) is 24.4 Å². The molecule has 2 rings (SSSR count). The van der Waals surface area contributed by atoms with Gasteiger partial charge in [-0.2, -0.15) is 0 Å². The molecular weight excluding hydrogens is 172 g/mol. The van der Waals surface area contributed by atoms with Gasteiger partial charge in [-0.3, -0.25) is 0 Å². The van der Waals surface area contributed by atoms with Crippen LogP contribution >= 0.6 is 0 Å². The highest BCUT2D eigenvalue weighted by Crippen LogP contribution is 2.41. The summed E-state index contributed by atoms with van der Waals surface area (Å²) in [5.41, 5.74) is 1.68. The second-order valence-electron chi connectivity index (χ2n) is 5.75. The molecule has 1 aliphatic carbocycles. The Hall–Kier alpha value is -0.300. The van der Waals surface area contributed by atoms with E-state index in [1.165, 1.54) is 12.8 Å². The fourth-order valence-corrected chi connectivity index (χ4v) is 2.83. The summed E-state index contributed by atoms with van der Waals surface area (Å²) in [6.45, 7) is 10.0. The second kappa shape index (κ2) is 3.37. The fourth-order valence-electron chi connectivity index (χ4n) is 2.83. The standard InChI is InChI=1S/C13H22O/c1-9-5-11-7-13(3,4)14-8-12(11)6-10(9)2/h5,10-12H,6-8H2,1-4H3. The summed E-state index contributed by atoms with van der Waals surface area (Å²) < 4.78 is 5.89. The molecule has 1 nitrogen and oxygen atoms in total. The summed E-state index contributed by atoms with van der Waals surface area (Å²) in [6.07, 6.45) is 5.02. The molecule has 0 aromatic rings. The Morgan fingerprint density at radius 1 is 1.43 bits per heavy atom. The quantitative estimate of drug-likeness (QED) is 0.537. The number of rotatable bonds is 0. The van der Waals surface area contributed by atoms with Gasteiger partial charge in [0.25, 0.3) is 0 Å². The Kier molecular flexibility index (Phi) is 2.46. The van der Waals surface area contributed by atoms with Crippen LogP contribution in [0, 0.1) is 17.8 Å². The highest BCUT2D eigenvalue weighted by atomic mass is 16.5. The minimum atomic E-state index is 0.0958. The Morgan fingerprint density at radius 2 is 2.14 bits per heavy atom. The highest BCUT2D eigenvalue weighted by molar-refractivity contribution is 5.12. The van der Waals surface area contributed by atoms with Crippen LogP contribution in [0.1, 0.15) is 40.5 Å². The minimum Gasteiger partial charge on any atom is -0.375 e. The molecule has 0 saturated carbocycles. The largest absolute Gasteiger partial charge is 0.375 e. The van der Waals surface area contributed by atoms with Gasteiger partial charge in [0.05, 0.1) is 12.2 Å². The molecule has 80 valence electrons. The molecule has 0 radical (unpaired) electrons. The highest BCUT2D eigenvalue weighted by Gasteiger charge is 2.37. The zero-order chi connectivity index (χ0) is 10.3. The molecule has 0 N–H and O–H groups in total. The maximum atomic E-state index is 5.89. The smallest absolute Gasteiger partial charge is 0.0632 e. The van der Waals surface area contributed by atoms with Crippen LogP contribution in [0.25, 0.3) is 0 Å². The van der Waals surface area contributed by atoms with E-state index < -0.39 is 0 Å². The number of allylic oxidation sites excluding steroid dienone is 2. The summed E-state index contributed by atoms with van der Waals surface area (Å²) >= 11 is 0. The molecule has 0 aromatic heterocycles. The first-order chi connectivity index (χ1) is 6.48. The van der Waals surface area contributed by atoms with E-state index >= 15 is 0 Å². The Balaban J connectivity index is 2.14. The summed E-state index contributed by atoms with van der Waals surface area (Å²) in [5, 5.41) is 0. The maximum absolute atomic E-state index is 5.89. The summed E-state index contributed by atoms with van der Waals surface area (Å²) in [4.78, 5) is 0. The third kappa shape index (κ3) is 1.88. The van der Waals surface area contributed by atoms with Crippen molar-refractivity contribution in [2.45, 2.75) is 46.1 Å². The monoisotopic (exact) mass is 194 g/mol. The topological polar surface area (TPSA) is 9.23 Å². The Morgan fingerprint density at radius 3 is 2.86 bits per heavy atom. The average molecular weight is 194 g/mol. The van der Waals surface area contributed by atoms with Crippen LogP contribution in [0.3, 0.4) is 0 Å². The van der Waals surface area contributed by atoms with Gasteiger partial charge in [0.1, 0.15) is 0 Å². The van der Waals surface area contributed by atoms with Gasteiger partial charge in [0, 0.05) is 0 Å². The van der Waals surface area contributed by atoms with E-state index in [2.05, 4.69) is 33.8 Å². The molecule has 1 heterocycles. The van der Waals surface area contributed by atoms with Gasteiger partial charge in [0.2, 0.25) is 0 Å². The Labute approximate surface area is 87.5 Å². The SMILES string of the molecule is CC1=CC2CC(C)(C)OCC2CC1C. The number of ether oxygens (including phenoxy) is 1. The molecule has 1 fully saturated rings. The number of hydrogen-bond donors (Lipinski definition) is 0. The summed E-state index contributed by atoms with van der Waals surface area (Å²) in [5.74, 6) is 2.32. The van der Waals surface area contributed by atoms with Crippen LogP contribution in [0.5, 0.6) is 0 Å². The van der Waals surface area contributed by atoms with E-state index in [-0.39, 0.29) is 5.60 Å². The molecule has 0 aromatic carbocycles. The van der Waals surface area contributed by atoms with E-state index in [1.54, 1.807) is 5.57 Å². The van der Waals surface area contributed by atoms with Crippen LogP contribution < -0.4 is 0 Å². The van der Waals surface area contributed by atoms with Gasteiger partial charge in [-0.1, -0.05) is 18.6 Å². The number of fused-ring (bicyclic) bond motifs is 1. The van der Waals surface area contributed by atoms with Crippen molar-refractivity contribution in [3.8, 4) is 0 Å². The van der Waals surface area contributed by atoms with E-state index in [4.69, 9.17) is 4.74 Å². The summed E-state index contributed by atoms with van der Waals surface area (Å²) in [7, 11) is 0. The molecule has 1 aliphatic heterocycles. The Bertz CT molecular complexity index is 252. The predicted octanol–water partition coefficient (Wildman–Crippen LogP) is 3.40. The maximum Gasteiger partial charge on any atom is 0.0632 e. The van der Waals surface area contributed by atoms with E-state index in [0.29, 0.717) is 0 Å². The molecule has 3 atom stereocenters. The minimum absolute atomic E-state index is 0.0958. The first-order valence-corrected chi connectivity index (χ1v) is 5.80. The van der Waals surface area contributed by atoms with Crippen molar-refractivity contribution in [2.24, 2.45) is 17.8 Å². The fraction of sp³-hybridized carbons (Fsp3) is 0.846. The molecule has 0 amide bonds. The number of hydrogen-bond acceptors (Lipinski definition) is 1. The lowest BCUT2D eigenvalue weighted by molar-refractivity contribution is -0.0987. The first kappa shape index (κ1) is 10.2. The molecule has 3 unspecified atom stereocenters. The molecule has 0 bridgehead atoms. The van der Waals surface area contributed by atoms with Crippen molar-refractivity contribution in [2.75, 3.05) is 6.61 Å². The van der Waals surface area contributed by atoms with Gasteiger partial charge in [0.15, 0.2) is 0 Å². The van der Waals surface area contributed by atoms with Crippen molar-refractivity contribution in [3.05, 3.63) is 11.6 Å². The lowest BCUT2D eigenvalue weighted by atomic mass is 9.71. The molecule has 1 saturated heterocycles. The molecule has 1 heteroatoms. The van der Waals surface area contributed by atoms with Crippen molar-refractivity contribution in [3.63, 3.8) is 0 Å². The van der Waals surface area contributed by atoms with Gasteiger partial charge in [-0.15, -0.1) is 0 Å². The lowest BCUT2D eigenvalue weighted by Crippen LogP contribution is -2.41. The van der Waals surface area contributed by atoms with Crippen molar-refractivity contribution < 1.29 is 4.74 Å². The molecule has 0 spiro atoms. The van der Waals surface area contributed by atoms with Gasteiger partial charge < -0.3 is 4.74 Å². The molecule has 2 aliphatic rings. The van der Waals surface area contributed by atoms with Gasteiger partial charge in [-0.25, -0.2) is 0 Å². The average Bonchev–Trinajstić information content (AvgIpc) is 2.07.